The van der Waals surface area contributed by atoms with Crippen LogP contribution in [0.5, 0.6) is 0 Å². The van der Waals surface area contributed by atoms with Gasteiger partial charge in [-0.3, -0.25) is 0 Å². The summed E-state index contributed by atoms with van der Waals surface area (Å²) >= 11 is 0. The van der Waals surface area contributed by atoms with Crippen LogP contribution in [0.1, 0.15) is 82.3 Å². The maximum absolute atomic E-state index is 9.90. The van der Waals surface area contributed by atoms with Gasteiger partial charge in [-0.25, -0.2) is 0 Å². The van der Waals surface area contributed by atoms with Gasteiger partial charge in [0.15, 0.2) is 0 Å². The number of aliphatic hydroxyl groups is 1. The molecule has 0 radical (unpaired) electrons. The third-order valence-electron chi connectivity index (χ3n) is 6.28. The molecule has 0 aromatic heterocycles. The number of unbranched alkanes of at least 4 members (excludes halogenated alkanes) is 9. The van der Waals surface area contributed by atoms with Gasteiger partial charge in [-0.05, 0) is 12.8 Å². The SMILES string of the molecule is CCCCCCCCCCCC[N+](CCO)(Cc1ccccc1)Cc1ccccc1. The van der Waals surface area contributed by atoms with Gasteiger partial charge in [-0.15, -0.1) is 0 Å². The summed E-state index contributed by atoms with van der Waals surface area (Å²) in [7, 11) is 0. The van der Waals surface area contributed by atoms with Gasteiger partial charge in [0.2, 0.25) is 0 Å². The zero-order valence-electron chi connectivity index (χ0n) is 19.3. The number of rotatable bonds is 17. The van der Waals surface area contributed by atoms with Crippen molar-refractivity contribution in [2.24, 2.45) is 0 Å². The zero-order chi connectivity index (χ0) is 21.3. The maximum Gasteiger partial charge on any atom is 0.105 e. The molecule has 2 rings (SSSR count). The van der Waals surface area contributed by atoms with Gasteiger partial charge < -0.3 is 9.59 Å². The Morgan fingerprint density at radius 2 is 1.00 bits per heavy atom. The number of aliphatic hydroxyl groups excluding tert-OH is 1. The highest BCUT2D eigenvalue weighted by atomic mass is 16.3. The van der Waals surface area contributed by atoms with Crippen molar-refractivity contribution in [3.8, 4) is 0 Å². The molecule has 30 heavy (non-hydrogen) atoms. The Bertz CT molecular complexity index is 599. The third kappa shape index (κ3) is 9.91. The molecular formula is C28H44NO+. The lowest BCUT2D eigenvalue weighted by Gasteiger charge is -2.39. The lowest BCUT2D eigenvalue weighted by atomic mass is 10.0. The van der Waals surface area contributed by atoms with Gasteiger partial charge >= 0.3 is 0 Å². The van der Waals surface area contributed by atoms with E-state index in [9.17, 15) is 5.11 Å². The minimum Gasteiger partial charge on any atom is -0.391 e. The Morgan fingerprint density at radius 3 is 1.43 bits per heavy atom. The van der Waals surface area contributed by atoms with Crippen molar-refractivity contribution in [2.75, 3.05) is 19.7 Å². The molecule has 0 saturated carbocycles. The molecule has 0 amide bonds. The summed E-state index contributed by atoms with van der Waals surface area (Å²) in [5.74, 6) is 0. The highest BCUT2D eigenvalue weighted by molar-refractivity contribution is 5.15. The van der Waals surface area contributed by atoms with Crippen LogP contribution in [0.15, 0.2) is 60.7 Å². The van der Waals surface area contributed by atoms with Crippen molar-refractivity contribution in [3.05, 3.63) is 71.8 Å². The van der Waals surface area contributed by atoms with Gasteiger partial charge in [0, 0.05) is 11.1 Å². The molecule has 166 valence electrons. The maximum atomic E-state index is 9.90. The molecule has 0 saturated heterocycles. The van der Waals surface area contributed by atoms with Crippen LogP contribution < -0.4 is 0 Å². The van der Waals surface area contributed by atoms with E-state index in [2.05, 4.69) is 67.6 Å². The molecule has 2 aromatic rings. The summed E-state index contributed by atoms with van der Waals surface area (Å²) in [5.41, 5.74) is 2.74. The lowest BCUT2D eigenvalue weighted by Crippen LogP contribution is -2.49. The highest BCUT2D eigenvalue weighted by Crippen LogP contribution is 2.22. The monoisotopic (exact) mass is 410 g/mol. The van der Waals surface area contributed by atoms with Gasteiger partial charge in [-0.1, -0.05) is 119 Å². The van der Waals surface area contributed by atoms with Crippen molar-refractivity contribution in [3.63, 3.8) is 0 Å². The molecule has 2 nitrogen and oxygen atoms in total. The molecule has 0 heterocycles. The van der Waals surface area contributed by atoms with E-state index in [-0.39, 0.29) is 6.61 Å². The van der Waals surface area contributed by atoms with E-state index in [1.165, 1.54) is 75.3 Å². The second kappa shape index (κ2) is 15.2. The van der Waals surface area contributed by atoms with Crippen molar-refractivity contribution >= 4 is 0 Å². The predicted octanol–water partition coefficient (Wildman–Crippen LogP) is 7.12. The molecule has 0 atom stereocenters. The van der Waals surface area contributed by atoms with E-state index >= 15 is 0 Å². The number of quaternary nitrogens is 1. The van der Waals surface area contributed by atoms with Crippen LogP contribution in [0.25, 0.3) is 0 Å². The summed E-state index contributed by atoms with van der Waals surface area (Å²) in [6, 6.07) is 21.6. The van der Waals surface area contributed by atoms with Gasteiger partial charge in [0.25, 0.3) is 0 Å². The van der Waals surface area contributed by atoms with Gasteiger partial charge in [0.05, 0.1) is 13.2 Å². The van der Waals surface area contributed by atoms with Crippen molar-refractivity contribution in [1.82, 2.24) is 0 Å². The first-order chi connectivity index (χ1) is 14.8. The summed E-state index contributed by atoms with van der Waals surface area (Å²) in [6.07, 6.45) is 13.6. The van der Waals surface area contributed by atoms with E-state index < -0.39 is 0 Å². The first-order valence-corrected chi connectivity index (χ1v) is 12.3. The molecule has 0 bridgehead atoms. The minimum atomic E-state index is 0.247. The topological polar surface area (TPSA) is 20.2 Å². The van der Waals surface area contributed by atoms with E-state index in [1.54, 1.807) is 0 Å². The molecule has 0 aliphatic rings. The fourth-order valence-corrected chi connectivity index (χ4v) is 4.57. The Morgan fingerprint density at radius 1 is 0.567 bits per heavy atom. The number of benzene rings is 2. The average Bonchev–Trinajstić information content (AvgIpc) is 2.77. The number of hydrogen-bond acceptors (Lipinski definition) is 1. The standard InChI is InChI=1S/C28H44NO/c1-2-3-4-5-6-7-8-9-10-17-22-29(23-24-30,25-27-18-13-11-14-19-27)26-28-20-15-12-16-21-28/h11-16,18-21,30H,2-10,17,22-26H2,1H3/q+1. The minimum absolute atomic E-state index is 0.247. The Kier molecular flexibility index (Phi) is 12.5. The van der Waals surface area contributed by atoms with E-state index in [1.807, 2.05) is 0 Å². The van der Waals surface area contributed by atoms with Crippen LogP contribution >= 0.6 is 0 Å². The molecule has 0 aliphatic carbocycles. The summed E-state index contributed by atoms with van der Waals surface area (Å²) < 4.78 is 0.946. The van der Waals surface area contributed by atoms with Crippen molar-refractivity contribution in [2.45, 2.75) is 84.2 Å². The second-order valence-electron chi connectivity index (χ2n) is 8.98. The smallest absolute Gasteiger partial charge is 0.105 e. The molecule has 0 fully saturated rings. The predicted molar refractivity (Wildman–Crippen MR) is 129 cm³/mol. The highest BCUT2D eigenvalue weighted by Gasteiger charge is 2.27. The molecule has 0 spiro atoms. The quantitative estimate of drug-likeness (QED) is 0.217. The Balaban J connectivity index is 1.87. The molecule has 0 aliphatic heterocycles. The van der Waals surface area contributed by atoms with Gasteiger partial charge in [-0.2, -0.15) is 0 Å². The van der Waals surface area contributed by atoms with E-state index in [4.69, 9.17) is 0 Å². The van der Waals surface area contributed by atoms with Gasteiger partial charge in [0.1, 0.15) is 19.6 Å². The molecule has 1 N–H and O–H groups in total. The average molecular weight is 411 g/mol. The fraction of sp³-hybridized carbons (Fsp3) is 0.571. The molecule has 2 aromatic carbocycles. The molecular weight excluding hydrogens is 366 g/mol. The molecule has 2 heteroatoms. The van der Waals surface area contributed by atoms with Crippen LogP contribution in [0, 0.1) is 0 Å². The first-order valence-electron chi connectivity index (χ1n) is 12.3. The van der Waals surface area contributed by atoms with Crippen molar-refractivity contribution < 1.29 is 9.59 Å². The van der Waals surface area contributed by atoms with Crippen LogP contribution in [-0.2, 0) is 13.1 Å². The summed E-state index contributed by atoms with van der Waals surface area (Å²) in [6.45, 7) is 6.48. The second-order valence-corrected chi connectivity index (χ2v) is 8.98. The van der Waals surface area contributed by atoms with E-state index in [0.29, 0.717) is 0 Å². The summed E-state index contributed by atoms with van der Waals surface area (Å²) in [4.78, 5) is 0. The first kappa shape index (κ1) is 24.6. The zero-order valence-corrected chi connectivity index (χ0v) is 19.3. The Labute approximate surface area is 185 Å². The largest absolute Gasteiger partial charge is 0.391 e. The molecule has 0 unspecified atom stereocenters. The lowest BCUT2D eigenvalue weighted by molar-refractivity contribution is -0.954. The number of nitrogens with zero attached hydrogens (tertiary/aromatic N) is 1. The van der Waals surface area contributed by atoms with Crippen LogP contribution in [0.2, 0.25) is 0 Å². The fourth-order valence-electron chi connectivity index (χ4n) is 4.57. The third-order valence-corrected chi connectivity index (χ3v) is 6.28. The normalized spacial score (nSPS) is 11.7. The van der Waals surface area contributed by atoms with Crippen LogP contribution in [-0.4, -0.2) is 29.3 Å². The number of hydrogen-bond donors (Lipinski definition) is 1. The Hall–Kier alpha value is -1.64. The van der Waals surface area contributed by atoms with Crippen molar-refractivity contribution in [1.29, 1.82) is 0 Å². The summed E-state index contributed by atoms with van der Waals surface area (Å²) in [5, 5.41) is 9.90. The van der Waals surface area contributed by atoms with E-state index in [0.717, 1.165) is 30.7 Å². The van der Waals surface area contributed by atoms with Crippen LogP contribution in [0.3, 0.4) is 0 Å². The van der Waals surface area contributed by atoms with Crippen LogP contribution in [0.4, 0.5) is 0 Å².